The van der Waals surface area contributed by atoms with Crippen molar-refractivity contribution in [2.24, 2.45) is 0 Å². The van der Waals surface area contributed by atoms with Gasteiger partial charge in [-0.25, -0.2) is 9.97 Å². The van der Waals surface area contributed by atoms with Crippen LogP contribution in [0.2, 0.25) is 5.02 Å². The van der Waals surface area contributed by atoms with Gasteiger partial charge in [0.15, 0.2) is 0 Å². The normalized spacial score (nSPS) is 12.0. The first-order valence-corrected chi connectivity index (χ1v) is 7.86. The molecular weight excluding hydrogens is 306 g/mol. The summed E-state index contributed by atoms with van der Waals surface area (Å²) < 4.78 is 0. The highest BCUT2D eigenvalue weighted by molar-refractivity contribution is 8.00. The molecule has 1 amide bonds. The van der Waals surface area contributed by atoms with Crippen molar-refractivity contribution in [2.45, 2.75) is 30.5 Å². The summed E-state index contributed by atoms with van der Waals surface area (Å²) in [6.45, 7) is 3.88. The highest BCUT2D eigenvalue weighted by Gasteiger charge is 2.18. The van der Waals surface area contributed by atoms with Crippen LogP contribution in [0.25, 0.3) is 0 Å². The summed E-state index contributed by atoms with van der Waals surface area (Å²) >= 11 is 7.27. The topological polar surface area (TPSA) is 54.9 Å². The van der Waals surface area contributed by atoms with Crippen LogP contribution < -0.4 is 5.32 Å². The van der Waals surface area contributed by atoms with Crippen molar-refractivity contribution in [1.29, 1.82) is 0 Å². The van der Waals surface area contributed by atoms with E-state index in [9.17, 15) is 4.79 Å². The smallest absolute Gasteiger partial charge is 0.237 e. The molecule has 0 fully saturated rings. The van der Waals surface area contributed by atoms with Gasteiger partial charge in [-0.3, -0.25) is 4.79 Å². The zero-order valence-electron chi connectivity index (χ0n) is 11.8. The molecule has 0 radical (unpaired) electrons. The molecule has 110 valence electrons. The maximum atomic E-state index is 12.3. The molecule has 2 aromatic rings. The zero-order valence-corrected chi connectivity index (χ0v) is 13.4. The van der Waals surface area contributed by atoms with Gasteiger partial charge in [0.25, 0.3) is 0 Å². The van der Waals surface area contributed by atoms with Gasteiger partial charge in [0, 0.05) is 16.4 Å². The van der Waals surface area contributed by atoms with Crippen molar-refractivity contribution in [1.82, 2.24) is 9.97 Å². The van der Waals surface area contributed by atoms with Gasteiger partial charge < -0.3 is 5.32 Å². The summed E-state index contributed by atoms with van der Waals surface area (Å²) in [6.07, 6.45) is 2.23. The Hall–Kier alpha value is -1.59. The van der Waals surface area contributed by atoms with Crippen LogP contribution >= 0.6 is 23.4 Å². The van der Waals surface area contributed by atoms with E-state index >= 15 is 0 Å². The average molecular weight is 322 g/mol. The van der Waals surface area contributed by atoms with E-state index in [-0.39, 0.29) is 11.2 Å². The molecule has 0 saturated heterocycles. The van der Waals surface area contributed by atoms with Crippen LogP contribution in [0, 0.1) is 6.92 Å². The Morgan fingerprint density at radius 3 is 2.67 bits per heavy atom. The Morgan fingerprint density at radius 1 is 1.33 bits per heavy atom. The lowest BCUT2D eigenvalue weighted by Gasteiger charge is -2.14. The highest BCUT2D eigenvalue weighted by Crippen LogP contribution is 2.25. The Morgan fingerprint density at radius 2 is 2.05 bits per heavy atom. The zero-order chi connectivity index (χ0) is 15.2. The van der Waals surface area contributed by atoms with Gasteiger partial charge in [-0.05, 0) is 43.7 Å². The number of aryl methyl sites for hydroxylation is 1. The quantitative estimate of drug-likeness (QED) is 0.669. The van der Waals surface area contributed by atoms with E-state index in [0.717, 1.165) is 16.4 Å². The van der Waals surface area contributed by atoms with Gasteiger partial charge >= 0.3 is 0 Å². The van der Waals surface area contributed by atoms with Crippen molar-refractivity contribution in [3.05, 3.63) is 47.4 Å². The van der Waals surface area contributed by atoms with Crippen molar-refractivity contribution >= 4 is 35.0 Å². The van der Waals surface area contributed by atoms with Gasteiger partial charge in [-0.15, -0.1) is 0 Å². The number of anilines is 1. The Balaban J connectivity index is 2.03. The van der Waals surface area contributed by atoms with Crippen molar-refractivity contribution in [3.8, 4) is 0 Å². The molecule has 0 saturated carbocycles. The summed E-state index contributed by atoms with van der Waals surface area (Å²) in [7, 11) is 0. The first-order valence-electron chi connectivity index (χ1n) is 6.60. The molecule has 1 heterocycles. The van der Waals surface area contributed by atoms with E-state index < -0.39 is 0 Å². The number of halogens is 1. The highest BCUT2D eigenvalue weighted by atomic mass is 35.5. The molecule has 0 bridgehead atoms. The molecule has 0 aliphatic heterocycles. The number of aromatic nitrogens is 2. The fourth-order valence-corrected chi connectivity index (χ4v) is 2.82. The number of carbonyl (C=O) groups excluding carboxylic acids is 1. The van der Waals surface area contributed by atoms with Crippen LogP contribution in [0.3, 0.4) is 0 Å². The first kappa shape index (κ1) is 15.8. The summed E-state index contributed by atoms with van der Waals surface area (Å²) in [4.78, 5) is 20.5. The number of carbonyl (C=O) groups is 1. The molecule has 0 aliphatic carbocycles. The van der Waals surface area contributed by atoms with Crippen molar-refractivity contribution in [2.75, 3.05) is 5.32 Å². The third-order valence-corrected chi connectivity index (χ3v) is 4.37. The monoisotopic (exact) mass is 321 g/mol. The van der Waals surface area contributed by atoms with Gasteiger partial charge in [0.05, 0.1) is 5.25 Å². The van der Waals surface area contributed by atoms with Gasteiger partial charge in [0.1, 0.15) is 11.4 Å². The third-order valence-electron chi connectivity index (χ3n) is 2.82. The van der Waals surface area contributed by atoms with Gasteiger partial charge in [-0.1, -0.05) is 30.3 Å². The molecule has 0 unspecified atom stereocenters. The predicted octanol–water partition coefficient (Wildman–Crippen LogP) is 3.95. The van der Waals surface area contributed by atoms with Crippen LogP contribution in [0.5, 0.6) is 0 Å². The number of nitrogens with one attached hydrogen (secondary N) is 1. The van der Waals surface area contributed by atoms with Crippen LogP contribution in [-0.2, 0) is 4.79 Å². The van der Waals surface area contributed by atoms with Crippen LogP contribution in [-0.4, -0.2) is 21.1 Å². The minimum absolute atomic E-state index is 0.0407. The maximum Gasteiger partial charge on any atom is 0.237 e. The molecule has 1 atom stereocenters. The molecule has 2 rings (SSSR count). The predicted molar refractivity (Wildman–Crippen MR) is 86.8 cm³/mol. The average Bonchev–Trinajstić information content (AvgIpc) is 2.47. The number of thioether (sulfide) groups is 1. The molecule has 21 heavy (non-hydrogen) atoms. The van der Waals surface area contributed by atoms with Crippen LogP contribution in [0.4, 0.5) is 5.69 Å². The van der Waals surface area contributed by atoms with Crippen LogP contribution in [0.15, 0.2) is 41.7 Å². The van der Waals surface area contributed by atoms with Crippen LogP contribution in [0.1, 0.15) is 19.0 Å². The lowest BCUT2D eigenvalue weighted by Crippen LogP contribution is -2.24. The second-order valence-corrected chi connectivity index (χ2v) is 6.17. The van der Waals surface area contributed by atoms with E-state index in [1.165, 1.54) is 18.1 Å². The standard InChI is InChI=1S/C15H16ClN3OS/c1-3-13(21-14-8-10(2)17-9-18-14)15(20)19-12-6-4-11(16)5-7-12/h4-9,13H,3H2,1-2H3,(H,19,20)/t13-/m0/s1. The van der Waals surface area contributed by atoms with E-state index in [1.807, 2.05) is 19.9 Å². The molecular formula is C15H16ClN3OS. The summed E-state index contributed by atoms with van der Waals surface area (Å²) in [5.41, 5.74) is 1.63. The minimum atomic E-state index is -0.199. The van der Waals surface area contributed by atoms with Crippen molar-refractivity contribution in [3.63, 3.8) is 0 Å². The van der Waals surface area contributed by atoms with E-state index in [2.05, 4.69) is 15.3 Å². The molecule has 1 aromatic heterocycles. The van der Waals surface area contributed by atoms with Crippen molar-refractivity contribution < 1.29 is 4.79 Å². The minimum Gasteiger partial charge on any atom is -0.325 e. The van der Waals surface area contributed by atoms with E-state index in [0.29, 0.717) is 11.4 Å². The maximum absolute atomic E-state index is 12.3. The molecule has 0 spiro atoms. The number of nitrogens with zero attached hydrogens (tertiary/aromatic N) is 2. The second kappa shape index (κ2) is 7.43. The molecule has 6 heteroatoms. The van der Waals surface area contributed by atoms with Gasteiger partial charge in [-0.2, -0.15) is 0 Å². The number of amides is 1. The Kier molecular flexibility index (Phi) is 5.59. The second-order valence-electron chi connectivity index (χ2n) is 4.51. The molecule has 0 aliphatic rings. The lowest BCUT2D eigenvalue weighted by atomic mass is 10.3. The number of rotatable bonds is 5. The van der Waals surface area contributed by atoms with Gasteiger partial charge in [0.2, 0.25) is 5.91 Å². The van der Waals surface area contributed by atoms with E-state index in [1.54, 1.807) is 24.3 Å². The number of hydrogen-bond donors (Lipinski definition) is 1. The fourth-order valence-electron chi connectivity index (χ4n) is 1.72. The largest absolute Gasteiger partial charge is 0.325 e. The summed E-state index contributed by atoms with van der Waals surface area (Å²) in [6, 6.07) is 8.94. The van der Waals surface area contributed by atoms with E-state index in [4.69, 9.17) is 11.6 Å². The molecule has 4 nitrogen and oxygen atoms in total. The Bertz CT molecular complexity index is 619. The Labute approximate surface area is 133 Å². The summed E-state index contributed by atoms with van der Waals surface area (Å²) in [5, 5.41) is 4.14. The fraction of sp³-hybridized carbons (Fsp3) is 0.267. The summed E-state index contributed by atoms with van der Waals surface area (Å²) in [5.74, 6) is -0.0407. The number of hydrogen-bond acceptors (Lipinski definition) is 4. The SMILES string of the molecule is CC[C@H](Sc1cc(C)ncn1)C(=O)Nc1ccc(Cl)cc1. The lowest BCUT2D eigenvalue weighted by molar-refractivity contribution is -0.115. The third kappa shape index (κ3) is 4.72. The first-order chi connectivity index (χ1) is 10.1. The molecule has 1 aromatic carbocycles. The molecule has 1 N–H and O–H groups in total. The number of benzene rings is 1.